The highest BCUT2D eigenvalue weighted by Gasteiger charge is 2.27. The van der Waals surface area contributed by atoms with E-state index in [9.17, 15) is 13.2 Å². The van der Waals surface area contributed by atoms with Crippen LogP contribution < -0.4 is 5.32 Å². The van der Waals surface area contributed by atoms with Crippen LogP contribution in [0.15, 0.2) is 46.9 Å². The van der Waals surface area contributed by atoms with Crippen LogP contribution in [0.4, 0.5) is 5.82 Å². The molecule has 3 aromatic rings. The first-order chi connectivity index (χ1) is 12.6. The number of carbonyl (C=O) groups excluding carboxylic acids is 1. The van der Waals surface area contributed by atoms with Crippen molar-refractivity contribution in [3.05, 3.63) is 47.6 Å². The zero-order valence-electron chi connectivity index (χ0n) is 13.8. The Morgan fingerprint density at radius 2 is 1.81 bits per heavy atom. The molecule has 0 saturated carbocycles. The van der Waals surface area contributed by atoms with Gasteiger partial charge in [0.2, 0.25) is 10.0 Å². The van der Waals surface area contributed by atoms with Crippen LogP contribution in [0.25, 0.3) is 10.2 Å². The second-order valence-electron chi connectivity index (χ2n) is 5.95. The Morgan fingerprint density at radius 3 is 2.54 bits per heavy atom. The summed E-state index contributed by atoms with van der Waals surface area (Å²) in [5.74, 6) is 0.0938. The molecular weight excluding hydrogens is 372 g/mol. The summed E-state index contributed by atoms with van der Waals surface area (Å²) in [7, 11) is -3.48. The van der Waals surface area contributed by atoms with Crippen molar-refractivity contribution in [1.29, 1.82) is 0 Å². The zero-order chi connectivity index (χ0) is 18.1. The van der Waals surface area contributed by atoms with E-state index in [-0.39, 0.29) is 10.8 Å². The quantitative estimate of drug-likeness (QED) is 0.742. The normalized spacial score (nSPS) is 15.4. The standard InChI is InChI=1S/C17H16N4O3S2/c22-16(20-15-14-7-10-25-17(14)19-11-18-15)12-3-5-13(6-4-12)26(23,24)21-8-1-2-9-21/h3-7,10-11H,1-2,8-9H2,(H,18,19,20,22). The number of sulfonamides is 1. The number of anilines is 1. The van der Waals surface area contributed by atoms with Crippen molar-refractivity contribution in [2.75, 3.05) is 18.4 Å². The molecule has 0 atom stereocenters. The van der Waals surface area contributed by atoms with Gasteiger partial charge in [0.05, 0.1) is 10.3 Å². The van der Waals surface area contributed by atoms with Crippen LogP contribution >= 0.6 is 11.3 Å². The van der Waals surface area contributed by atoms with E-state index < -0.39 is 10.0 Å². The van der Waals surface area contributed by atoms with Gasteiger partial charge in [-0.25, -0.2) is 18.4 Å². The average molecular weight is 388 g/mol. The third-order valence-electron chi connectivity index (χ3n) is 4.31. The SMILES string of the molecule is O=C(Nc1ncnc2sccc12)c1ccc(S(=O)(=O)N2CCCC2)cc1. The summed E-state index contributed by atoms with van der Waals surface area (Å²) in [4.78, 5) is 21.7. The molecule has 26 heavy (non-hydrogen) atoms. The summed E-state index contributed by atoms with van der Waals surface area (Å²) >= 11 is 1.47. The Hall–Kier alpha value is -2.36. The smallest absolute Gasteiger partial charge is 0.256 e. The largest absolute Gasteiger partial charge is 0.306 e. The minimum absolute atomic E-state index is 0.207. The number of thiophene rings is 1. The van der Waals surface area contributed by atoms with Crippen LogP contribution in [-0.4, -0.2) is 41.7 Å². The predicted octanol–water partition coefficient (Wildman–Crippen LogP) is 2.73. The van der Waals surface area contributed by atoms with E-state index in [4.69, 9.17) is 0 Å². The first kappa shape index (κ1) is 17.1. The molecule has 1 aliphatic heterocycles. The molecule has 9 heteroatoms. The lowest BCUT2D eigenvalue weighted by molar-refractivity contribution is 0.102. The van der Waals surface area contributed by atoms with Crippen molar-refractivity contribution in [1.82, 2.24) is 14.3 Å². The number of hydrogen-bond donors (Lipinski definition) is 1. The van der Waals surface area contributed by atoms with Crippen LogP contribution in [0.5, 0.6) is 0 Å². The van der Waals surface area contributed by atoms with E-state index in [0.717, 1.165) is 23.1 Å². The number of aromatic nitrogens is 2. The van der Waals surface area contributed by atoms with Gasteiger partial charge in [-0.05, 0) is 48.6 Å². The number of nitrogens with zero attached hydrogens (tertiary/aromatic N) is 3. The molecule has 4 rings (SSSR count). The van der Waals surface area contributed by atoms with Gasteiger partial charge in [-0.1, -0.05) is 0 Å². The fourth-order valence-electron chi connectivity index (χ4n) is 2.93. The Bertz CT molecular complexity index is 1060. The number of amides is 1. The topological polar surface area (TPSA) is 92.3 Å². The van der Waals surface area contributed by atoms with Crippen LogP contribution in [0.2, 0.25) is 0 Å². The molecule has 1 amide bonds. The van der Waals surface area contributed by atoms with Crippen LogP contribution in [0.1, 0.15) is 23.2 Å². The average Bonchev–Trinajstić information content (AvgIpc) is 3.34. The van der Waals surface area contributed by atoms with Crippen molar-refractivity contribution in [3.8, 4) is 0 Å². The Labute approximate surface area is 154 Å². The van der Waals surface area contributed by atoms with Crippen molar-refractivity contribution >= 4 is 43.3 Å². The van der Waals surface area contributed by atoms with Gasteiger partial charge in [0, 0.05) is 18.7 Å². The summed E-state index contributed by atoms with van der Waals surface area (Å²) in [5.41, 5.74) is 0.368. The highest BCUT2D eigenvalue weighted by molar-refractivity contribution is 7.89. The maximum Gasteiger partial charge on any atom is 0.256 e. The fraction of sp³-hybridized carbons (Fsp3) is 0.235. The molecule has 7 nitrogen and oxygen atoms in total. The van der Waals surface area contributed by atoms with E-state index >= 15 is 0 Å². The number of rotatable bonds is 4. The Balaban J connectivity index is 1.55. The molecule has 0 bridgehead atoms. The molecule has 0 spiro atoms. The lowest BCUT2D eigenvalue weighted by Gasteiger charge is -2.15. The molecule has 1 aromatic carbocycles. The molecule has 0 radical (unpaired) electrons. The zero-order valence-corrected chi connectivity index (χ0v) is 15.4. The molecule has 1 N–H and O–H groups in total. The van der Waals surface area contributed by atoms with Gasteiger partial charge in [-0.2, -0.15) is 4.31 Å². The van der Waals surface area contributed by atoms with Gasteiger partial charge >= 0.3 is 0 Å². The van der Waals surface area contributed by atoms with Crippen molar-refractivity contribution < 1.29 is 13.2 Å². The van der Waals surface area contributed by atoms with Crippen LogP contribution in [-0.2, 0) is 10.0 Å². The van der Waals surface area contributed by atoms with Crippen molar-refractivity contribution in [3.63, 3.8) is 0 Å². The summed E-state index contributed by atoms with van der Waals surface area (Å²) < 4.78 is 26.5. The summed E-state index contributed by atoms with van der Waals surface area (Å²) in [6, 6.07) is 7.83. The second-order valence-corrected chi connectivity index (χ2v) is 8.78. The molecule has 1 fully saturated rings. The van der Waals surface area contributed by atoms with E-state index in [0.29, 0.717) is 24.5 Å². The minimum atomic E-state index is -3.48. The molecular formula is C17H16N4O3S2. The van der Waals surface area contributed by atoms with Gasteiger partial charge in [-0.3, -0.25) is 4.79 Å². The van der Waals surface area contributed by atoms with E-state index in [2.05, 4.69) is 15.3 Å². The number of carbonyl (C=O) groups is 1. The number of hydrogen-bond acceptors (Lipinski definition) is 6. The third-order valence-corrected chi connectivity index (χ3v) is 7.05. The molecule has 134 valence electrons. The minimum Gasteiger partial charge on any atom is -0.306 e. The lowest BCUT2D eigenvalue weighted by Crippen LogP contribution is -2.27. The van der Waals surface area contributed by atoms with Gasteiger partial charge in [-0.15, -0.1) is 11.3 Å². The molecule has 3 heterocycles. The Morgan fingerprint density at radius 1 is 1.08 bits per heavy atom. The lowest BCUT2D eigenvalue weighted by atomic mass is 10.2. The monoisotopic (exact) mass is 388 g/mol. The number of nitrogens with one attached hydrogen (secondary N) is 1. The number of benzene rings is 1. The fourth-order valence-corrected chi connectivity index (χ4v) is 5.17. The van der Waals surface area contributed by atoms with E-state index in [1.807, 2.05) is 11.4 Å². The summed E-state index contributed by atoms with van der Waals surface area (Å²) in [6.07, 6.45) is 3.17. The molecule has 0 aliphatic carbocycles. The van der Waals surface area contributed by atoms with E-state index in [1.165, 1.54) is 46.2 Å². The molecule has 1 saturated heterocycles. The van der Waals surface area contributed by atoms with Crippen LogP contribution in [0.3, 0.4) is 0 Å². The summed E-state index contributed by atoms with van der Waals surface area (Å²) in [6.45, 7) is 1.10. The maximum atomic E-state index is 12.5. The van der Waals surface area contributed by atoms with Gasteiger partial charge in [0.15, 0.2) is 0 Å². The highest BCUT2D eigenvalue weighted by atomic mass is 32.2. The van der Waals surface area contributed by atoms with Crippen LogP contribution in [0, 0.1) is 0 Å². The second kappa shape index (κ2) is 6.75. The van der Waals surface area contributed by atoms with Crippen molar-refractivity contribution in [2.45, 2.75) is 17.7 Å². The Kier molecular flexibility index (Phi) is 4.43. The number of fused-ring (bicyclic) bond motifs is 1. The molecule has 1 aliphatic rings. The first-order valence-corrected chi connectivity index (χ1v) is 10.5. The first-order valence-electron chi connectivity index (χ1n) is 8.15. The maximum absolute atomic E-state index is 12.5. The molecule has 2 aromatic heterocycles. The summed E-state index contributed by atoms with van der Waals surface area (Å²) in [5, 5.41) is 5.42. The van der Waals surface area contributed by atoms with Crippen molar-refractivity contribution in [2.24, 2.45) is 0 Å². The van der Waals surface area contributed by atoms with Gasteiger partial charge < -0.3 is 5.32 Å². The van der Waals surface area contributed by atoms with E-state index in [1.54, 1.807) is 0 Å². The molecule has 0 unspecified atom stereocenters. The van der Waals surface area contributed by atoms with Gasteiger partial charge in [0.1, 0.15) is 17.0 Å². The predicted molar refractivity (Wildman–Crippen MR) is 99.8 cm³/mol. The van der Waals surface area contributed by atoms with Gasteiger partial charge in [0.25, 0.3) is 5.91 Å². The highest BCUT2D eigenvalue weighted by Crippen LogP contribution is 2.25. The third kappa shape index (κ3) is 3.09.